The molecule has 6 aromatic carbocycles. The van der Waals surface area contributed by atoms with Gasteiger partial charge in [-0.1, -0.05) is 215 Å². The third-order valence-electron chi connectivity index (χ3n) is 12.9. The Morgan fingerprint density at radius 1 is 0.377 bits per heavy atom. The molecular formula is C66H73BrClN9. The molecule has 0 saturated carbocycles. The molecule has 3 aliphatic heterocycles. The molecule has 3 fully saturated rings. The number of alkyl halides is 1. The Bertz CT molecular complexity index is 2880. The molecule has 3 aromatic heterocycles. The summed E-state index contributed by atoms with van der Waals surface area (Å²) < 4.78 is 0. The predicted molar refractivity (Wildman–Crippen MR) is 329 cm³/mol. The Labute approximate surface area is 471 Å². The second-order valence-electron chi connectivity index (χ2n) is 18.5. The normalized spacial score (nSPS) is 13.9. The van der Waals surface area contributed by atoms with Crippen LogP contribution in [-0.2, 0) is 11.9 Å². The van der Waals surface area contributed by atoms with Gasteiger partial charge in [0.15, 0.2) is 0 Å². The second kappa shape index (κ2) is 33.9. The molecule has 0 aliphatic carbocycles. The quantitative estimate of drug-likeness (QED) is 0.102. The maximum Gasteiger partial charge on any atom is 0.129 e. The number of rotatable bonds is 8. The van der Waals surface area contributed by atoms with Crippen molar-refractivity contribution in [2.45, 2.75) is 18.8 Å². The topological polar surface area (TPSA) is 84.5 Å². The van der Waals surface area contributed by atoms with Crippen LogP contribution in [0.4, 0.5) is 11.6 Å². The number of halogens is 2. The highest BCUT2D eigenvalue weighted by molar-refractivity contribution is 9.08. The molecule has 9 aromatic rings. The SMILES string of the molecule is BrCc1ccc(-c2ccccc2)cc1.C1CNCCN1.Cc1ccc(-c2ccccc2)cc1.Clc1ccccn1.c1ccc(-c2ccc(CN3CCN(c4ccccn4)CC3)cc2)cc1.c1ccc(N2CCNCC2)nc1. The highest BCUT2D eigenvalue weighted by atomic mass is 79.9. The Morgan fingerprint density at radius 3 is 1.10 bits per heavy atom. The Kier molecular flexibility index (Phi) is 25.4. The van der Waals surface area contributed by atoms with Crippen LogP contribution in [0.1, 0.15) is 16.7 Å². The summed E-state index contributed by atoms with van der Waals surface area (Å²) in [7, 11) is 0. The van der Waals surface area contributed by atoms with Gasteiger partial charge in [-0.3, -0.25) is 4.90 Å². The van der Waals surface area contributed by atoms with E-state index in [2.05, 4.69) is 238 Å². The largest absolute Gasteiger partial charge is 0.354 e. The molecule has 6 heterocycles. The predicted octanol–water partition coefficient (Wildman–Crippen LogP) is 13.4. The van der Waals surface area contributed by atoms with Gasteiger partial charge in [0.25, 0.3) is 0 Å². The fourth-order valence-corrected chi connectivity index (χ4v) is 9.04. The Hall–Kier alpha value is -7.02. The Morgan fingerprint density at radius 2 is 0.740 bits per heavy atom. The molecule has 77 heavy (non-hydrogen) atoms. The maximum absolute atomic E-state index is 5.43. The number of hydrogen-bond acceptors (Lipinski definition) is 9. The molecule has 396 valence electrons. The summed E-state index contributed by atoms with van der Waals surface area (Å²) in [6.45, 7) is 16.2. The van der Waals surface area contributed by atoms with Crippen molar-refractivity contribution in [3.63, 3.8) is 0 Å². The van der Waals surface area contributed by atoms with E-state index in [0.29, 0.717) is 5.15 Å². The number of aryl methyl sites for hydroxylation is 1. The zero-order valence-electron chi connectivity index (χ0n) is 44.4. The molecule has 0 atom stereocenters. The zero-order valence-corrected chi connectivity index (χ0v) is 46.7. The van der Waals surface area contributed by atoms with Crippen LogP contribution >= 0.6 is 27.5 Å². The van der Waals surface area contributed by atoms with E-state index in [1.54, 1.807) is 12.3 Å². The minimum Gasteiger partial charge on any atom is -0.354 e. The summed E-state index contributed by atoms with van der Waals surface area (Å²) in [5, 5.41) is 11.2. The van der Waals surface area contributed by atoms with Crippen LogP contribution in [0.5, 0.6) is 0 Å². The lowest BCUT2D eigenvalue weighted by Gasteiger charge is -2.35. The number of aromatic nitrogens is 3. The van der Waals surface area contributed by atoms with Crippen molar-refractivity contribution in [3.05, 3.63) is 259 Å². The number of benzene rings is 6. The number of pyridine rings is 3. The number of nitrogens with one attached hydrogen (secondary N) is 3. The van der Waals surface area contributed by atoms with Crippen molar-refractivity contribution >= 4 is 39.2 Å². The molecule has 0 radical (unpaired) electrons. The molecule has 3 aliphatic rings. The summed E-state index contributed by atoms with van der Waals surface area (Å²) in [6.07, 6.45) is 5.37. The zero-order chi connectivity index (χ0) is 53.4. The standard InChI is InChI=1S/C22H23N3.C13H11Br.C13H12.C9H13N3.C5H4ClN.C4H10N2/c1-2-6-20(7-3-1)21-11-9-19(10-12-21)18-24-14-16-25(17-15-24)22-8-4-5-13-23-22;14-10-11-6-8-13(9-7-11)12-4-2-1-3-5-12;1-11-7-9-13(10-8-11)12-5-3-2-4-6-12;1-2-4-11-9(3-1)12-7-5-10-6-8-12;6-5-3-1-2-4-7-5;1-2-6-4-3-5-1/h1-13H,14-18H2;1-9H,10H2;2-10H,1H3;1-4,10H,5-8H2;1-4H;5-6H,1-4H2. The van der Waals surface area contributed by atoms with E-state index in [-0.39, 0.29) is 0 Å². The molecule has 0 amide bonds. The highest BCUT2D eigenvalue weighted by Gasteiger charge is 2.18. The summed E-state index contributed by atoms with van der Waals surface area (Å²) in [5.74, 6) is 2.19. The lowest BCUT2D eigenvalue weighted by molar-refractivity contribution is 0.249. The van der Waals surface area contributed by atoms with Gasteiger partial charge >= 0.3 is 0 Å². The minimum absolute atomic E-state index is 0.544. The van der Waals surface area contributed by atoms with E-state index in [1.165, 1.54) is 50.1 Å². The second-order valence-corrected chi connectivity index (χ2v) is 19.5. The average Bonchev–Trinajstić information content (AvgIpc) is 3.52. The van der Waals surface area contributed by atoms with Gasteiger partial charge in [0.05, 0.1) is 0 Å². The minimum atomic E-state index is 0.544. The fraction of sp³-hybridized carbons (Fsp3) is 0.227. The van der Waals surface area contributed by atoms with E-state index in [4.69, 9.17) is 11.6 Å². The van der Waals surface area contributed by atoms with Crippen LogP contribution in [-0.4, -0.2) is 98.4 Å². The van der Waals surface area contributed by atoms with Gasteiger partial charge in [0.1, 0.15) is 16.8 Å². The lowest BCUT2D eigenvalue weighted by atomic mass is 10.0. The molecule has 0 bridgehead atoms. The highest BCUT2D eigenvalue weighted by Crippen LogP contribution is 2.23. The lowest BCUT2D eigenvalue weighted by Crippen LogP contribution is -2.46. The van der Waals surface area contributed by atoms with Crippen molar-refractivity contribution in [2.24, 2.45) is 0 Å². The van der Waals surface area contributed by atoms with E-state index < -0.39 is 0 Å². The van der Waals surface area contributed by atoms with Gasteiger partial charge in [0.2, 0.25) is 0 Å². The molecule has 3 N–H and O–H groups in total. The number of piperazine rings is 3. The molecule has 11 heteroatoms. The third kappa shape index (κ3) is 21.1. The fourth-order valence-electron chi connectivity index (χ4n) is 8.54. The third-order valence-corrected chi connectivity index (χ3v) is 13.7. The van der Waals surface area contributed by atoms with Crippen LogP contribution in [0.2, 0.25) is 5.15 Å². The van der Waals surface area contributed by atoms with E-state index in [9.17, 15) is 0 Å². The first kappa shape index (κ1) is 57.7. The molecule has 0 unspecified atom stereocenters. The number of hydrogen-bond donors (Lipinski definition) is 3. The first-order valence-electron chi connectivity index (χ1n) is 26.7. The molecule has 12 rings (SSSR count). The molecular weight excluding hydrogens is 1030 g/mol. The van der Waals surface area contributed by atoms with Crippen molar-refractivity contribution in [3.8, 4) is 33.4 Å². The summed E-state index contributed by atoms with van der Waals surface area (Å²) >= 11 is 8.87. The summed E-state index contributed by atoms with van der Waals surface area (Å²) in [6, 6.07) is 75.2. The van der Waals surface area contributed by atoms with Crippen LogP contribution in [0, 0.1) is 6.92 Å². The van der Waals surface area contributed by atoms with Crippen LogP contribution in [0.15, 0.2) is 237 Å². The molecule has 9 nitrogen and oxygen atoms in total. The van der Waals surface area contributed by atoms with Gasteiger partial charge in [-0.25, -0.2) is 15.0 Å². The van der Waals surface area contributed by atoms with Gasteiger partial charge in [0, 0.05) is 109 Å². The molecule has 0 spiro atoms. The summed E-state index contributed by atoms with van der Waals surface area (Å²) in [4.78, 5) is 19.7. The molecule has 3 saturated heterocycles. The van der Waals surface area contributed by atoms with Gasteiger partial charge < -0.3 is 25.8 Å². The monoisotopic (exact) mass is 1110 g/mol. The van der Waals surface area contributed by atoms with Gasteiger partial charge in [-0.15, -0.1) is 0 Å². The van der Waals surface area contributed by atoms with Crippen LogP contribution in [0.3, 0.4) is 0 Å². The van der Waals surface area contributed by atoms with E-state index >= 15 is 0 Å². The maximum atomic E-state index is 5.43. The van der Waals surface area contributed by atoms with Crippen molar-refractivity contribution < 1.29 is 0 Å². The van der Waals surface area contributed by atoms with Crippen LogP contribution in [0.25, 0.3) is 33.4 Å². The summed E-state index contributed by atoms with van der Waals surface area (Å²) in [5.41, 5.74) is 11.7. The smallest absolute Gasteiger partial charge is 0.129 e. The number of nitrogens with zero attached hydrogens (tertiary/aromatic N) is 6. The van der Waals surface area contributed by atoms with Gasteiger partial charge in [-0.2, -0.15) is 0 Å². The van der Waals surface area contributed by atoms with Crippen molar-refractivity contribution in [1.29, 1.82) is 0 Å². The number of anilines is 2. The van der Waals surface area contributed by atoms with Crippen molar-refractivity contribution in [1.82, 2.24) is 35.8 Å². The van der Waals surface area contributed by atoms with Gasteiger partial charge in [-0.05, 0) is 87.8 Å². The Balaban J connectivity index is 0.000000143. The van der Waals surface area contributed by atoms with E-state index in [1.807, 2.05) is 54.9 Å². The average molecular weight is 1110 g/mol. The van der Waals surface area contributed by atoms with Crippen LogP contribution < -0.4 is 25.8 Å². The first-order valence-corrected chi connectivity index (χ1v) is 28.2. The van der Waals surface area contributed by atoms with Crippen molar-refractivity contribution in [2.75, 3.05) is 88.3 Å². The first-order chi connectivity index (χ1) is 38.0. The van der Waals surface area contributed by atoms with E-state index in [0.717, 1.165) is 102 Å².